The summed E-state index contributed by atoms with van der Waals surface area (Å²) in [5.74, 6) is 1.27. The molecule has 0 aliphatic heterocycles. The van der Waals surface area contributed by atoms with E-state index in [1.165, 1.54) is 0 Å². The summed E-state index contributed by atoms with van der Waals surface area (Å²) in [6.07, 6.45) is 3.08. The highest BCUT2D eigenvalue weighted by Gasteiger charge is 2.23. The van der Waals surface area contributed by atoms with Gasteiger partial charge in [0.15, 0.2) is 6.61 Å². The first-order valence-electron chi connectivity index (χ1n) is 7.11. The fourth-order valence-electron chi connectivity index (χ4n) is 1.79. The predicted molar refractivity (Wildman–Crippen MR) is 76.8 cm³/mol. The number of benzene rings is 1. The van der Waals surface area contributed by atoms with Gasteiger partial charge in [-0.15, -0.1) is 0 Å². The first-order valence-corrected chi connectivity index (χ1v) is 7.11. The second kappa shape index (κ2) is 7.14. The van der Waals surface area contributed by atoms with Crippen molar-refractivity contribution in [2.24, 2.45) is 5.73 Å². The number of hydrogen-bond acceptors (Lipinski definition) is 4. The van der Waals surface area contributed by atoms with E-state index in [1.807, 2.05) is 19.1 Å². The maximum Gasteiger partial charge on any atom is 0.258 e. The summed E-state index contributed by atoms with van der Waals surface area (Å²) in [5.41, 5.74) is 6.55. The van der Waals surface area contributed by atoms with Gasteiger partial charge >= 0.3 is 0 Å². The van der Waals surface area contributed by atoms with Crippen LogP contribution < -0.4 is 20.5 Å². The topological polar surface area (TPSA) is 73.6 Å². The van der Waals surface area contributed by atoms with Crippen LogP contribution in [-0.4, -0.2) is 25.2 Å². The van der Waals surface area contributed by atoms with E-state index in [1.54, 1.807) is 6.07 Å². The Morgan fingerprint density at radius 2 is 2.20 bits per heavy atom. The molecule has 20 heavy (non-hydrogen) atoms. The molecule has 1 amide bonds. The molecule has 0 saturated heterocycles. The van der Waals surface area contributed by atoms with Gasteiger partial charge in [-0.1, -0.05) is 13.0 Å². The summed E-state index contributed by atoms with van der Waals surface area (Å²) < 4.78 is 11.1. The fraction of sp³-hybridized carbons (Fsp3) is 0.533. The van der Waals surface area contributed by atoms with Gasteiger partial charge in [0.2, 0.25) is 0 Å². The number of hydrogen-bond donors (Lipinski definition) is 2. The fourth-order valence-corrected chi connectivity index (χ4v) is 1.79. The van der Waals surface area contributed by atoms with Crippen molar-refractivity contribution < 1.29 is 14.3 Å². The first kappa shape index (κ1) is 14.7. The highest BCUT2D eigenvalue weighted by molar-refractivity contribution is 5.78. The lowest BCUT2D eigenvalue weighted by atomic mass is 10.2. The smallest absolute Gasteiger partial charge is 0.258 e. The van der Waals surface area contributed by atoms with Crippen LogP contribution >= 0.6 is 0 Å². The molecule has 1 aromatic carbocycles. The number of nitrogens with two attached hydrogens (primary N) is 1. The van der Waals surface area contributed by atoms with E-state index in [4.69, 9.17) is 15.2 Å². The Hall–Kier alpha value is -1.75. The molecule has 1 saturated carbocycles. The maximum atomic E-state index is 11.6. The SMILES string of the molecule is CCCOc1ccc(CN)c(OCC(=O)NC2CC2)c1. The van der Waals surface area contributed by atoms with Gasteiger partial charge < -0.3 is 20.5 Å². The predicted octanol–water partition coefficient (Wildman–Crippen LogP) is 1.59. The molecule has 1 aliphatic rings. The summed E-state index contributed by atoms with van der Waals surface area (Å²) in [7, 11) is 0. The molecule has 5 nitrogen and oxygen atoms in total. The van der Waals surface area contributed by atoms with E-state index in [0.29, 0.717) is 24.9 Å². The Morgan fingerprint density at radius 3 is 2.85 bits per heavy atom. The average Bonchev–Trinajstić information content (AvgIpc) is 3.26. The van der Waals surface area contributed by atoms with Crippen molar-refractivity contribution in [2.45, 2.75) is 38.8 Å². The van der Waals surface area contributed by atoms with E-state index in [2.05, 4.69) is 5.32 Å². The number of ether oxygens (including phenoxy) is 2. The molecular weight excluding hydrogens is 256 g/mol. The number of nitrogens with one attached hydrogen (secondary N) is 1. The third-order valence-electron chi connectivity index (χ3n) is 3.03. The van der Waals surface area contributed by atoms with Crippen LogP contribution in [0, 0.1) is 0 Å². The third-order valence-corrected chi connectivity index (χ3v) is 3.03. The molecule has 0 bridgehead atoms. The minimum atomic E-state index is -0.0876. The van der Waals surface area contributed by atoms with Crippen molar-refractivity contribution in [2.75, 3.05) is 13.2 Å². The van der Waals surface area contributed by atoms with Gasteiger partial charge in [-0.2, -0.15) is 0 Å². The third kappa shape index (κ3) is 4.42. The second-order valence-electron chi connectivity index (χ2n) is 4.95. The van der Waals surface area contributed by atoms with Gasteiger partial charge in [0.25, 0.3) is 5.91 Å². The summed E-state index contributed by atoms with van der Waals surface area (Å²) in [6.45, 7) is 3.09. The summed E-state index contributed by atoms with van der Waals surface area (Å²) in [4.78, 5) is 11.6. The lowest BCUT2D eigenvalue weighted by Crippen LogP contribution is -2.30. The van der Waals surface area contributed by atoms with Crippen LogP contribution in [-0.2, 0) is 11.3 Å². The molecule has 2 rings (SSSR count). The first-order chi connectivity index (χ1) is 9.72. The minimum absolute atomic E-state index is 0.0146. The molecule has 1 aromatic rings. The zero-order valence-electron chi connectivity index (χ0n) is 11.9. The van der Waals surface area contributed by atoms with Crippen LogP contribution in [0.3, 0.4) is 0 Å². The molecule has 0 heterocycles. The Morgan fingerprint density at radius 1 is 1.40 bits per heavy atom. The van der Waals surface area contributed by atoms with E-state index in [9.17, 15) is 4.79 Å². The van der Waals surface area contributed by atoms with Crippen molar-refractivity contribution in [3.05, 3.63) is 23.8 Å². The number of carbonyl (C=O) groups is 1. The van der Waals surface area contributed by atoms with Crippen LogP contribution in [0.15, 0.2) is 18.2 Å². The number of amides is 1. The molecule has 0 aromatic heterocycles. The van der Waals surface area contributed by atoms with Crippen LogP contribution in [0.4, 0.5) is 0 Å². The van der Waals surface area contributed by atoms with Crippen molar-refractivity contribution in [1.82, 2.24) is 5.32 Å². The minimum Gasteiger partial charge on any atom is -0.493 e. The molecule has 0 atom stereocenters. The van der Waals surface area contributed by atoms with Crippen molar-refractivity contribution >= 4 is 5.91 Å². The van der Waals surface area contributed by atoms with Crippen molar-refractivity contribution in [3.8, 4) is 11.5 Å². The molecule has 1 aliphatic carbocycles. The molecule has 0 unspecified atom stereocenters. The van der Waals surface area contributed by atoms with Crippen molar-refractivity contribution in [3.63, 3.8) is 0 Å². The average molecular weight is 278 g/mol. The standard InChI is InChI=1S/C15H22N2O3/c1-2-7-19-13-6-3-11(9-16)14(8-13)20-10-15(18)17-12-4-5-12/h3,6,8,12H,2,4-5,7,9-10,16H2,1H3,(H,17,18). The van der Waals surface area contributed by atoms with E-state index in [0.717, 1.165) is 30.6 Å². The largest absolute Gasteiger partial charge is 0.493 e. The quantitative estimate of drug-likeness (QED) is 0.757. The highest BCUT2D eigenvalue weighted by Crippen LogP contribution is 2.25. The second-order valence-corrected chi connectivity index (χ2v) is 4.95. The number of carbonyl (C=O) groups excluding carboxylic acids is 1. The molecule has 5 heteroatoms. The normalized spacial score (nSPS) is 13.9. The number of rotatable bonds is 8. The molecule has 0 radical (unpaired) electrons. The maximum absolute atomic E-state index is 11.6. The van der Waals surface area contributed by atoms with Crippen LogP contribution in [0.25, 0.3) is 0 Å². The van der Waals surface area contributed by atoms with E-state index < -0.39 is 0 Å². The summed E-state index contributed by atoms with van der Waals surface area (Å²) in [6, 6.07) is 5.88. The van der Waals surface area contributed by atoms with Gasteiger partial charge in [0.1, 0.15) is 11.5 Å². The van der Waals surface area contributed by atoms with E-state index in [-0.39, 0.29) is 12.5 Å². The van der Waals surface area contributed by atoms with Crippen LogP contribution in [0.2, 0.25) is 0 Å². The van der Waals surface area contributed by atoms with Gasteiger partial charge in [0.05, 0.1) is 6.61 Å². The lowest BCUT2D eigenvalue weighted by molar-refractivity contribution is -0.123. The van der Waals surface area contributed by atoms with Gasteiger partial charge in [-0.25, -0.2) is 0 Å². The summed E-state index contributed by atoms with van der Waals surface area (Å²) >= 11 is 0. The van der Waals surface area contributed by atoms with Crippen LogP contribution in [0.1, 0.15) is 31.7 Å². The van der Waals surface area contributed by atoms with Gasteiger partial charge in [0, 0.05) is 24.2 Å². The van der Waals surface area contributed by atoms with Gasteiger partial charge in [-0.3, -0.25) is 4.79 Å². The molecule has 3 N–H and O–H groups in total. The summed E-state index contributed by atoms with van der Waals surface area (Å²) in [5, 5.41) is 2.88. The zero-order valence-corrected chi connectivity index (χ0v) is 11.9. The van der Waals surface area contributed by atoms with E-state index >= 15 is 0 Å². The highest BCUT2D eigenvalue weighted by atomic mass is 16.5. The Bertz CT molecular complexity index is 458. The molecular formula is C15H22N2O3. The van der Waals surface area contributed by atoms with Gasteiger partial charge in [-0.05, 0) is 25.3 Å². The molecule has 1 fully saturated rings. The Kier molecular flexibility index (Phi) is 5.24. The Balaban J connectivity index is 1.93. The Labute approximate surface area is 119 Å². The monoisotopic (exact) mass is 278 g/mol. The lowest BCUT2D eigenvalue weighted by Gasteiger charge is -2.13. The van der Waals surface area contributed by atoms with Crippen molar-refractivity contribution in [1.29, 1.82) is 0 Å². The van der Waals surface area contributed by atoms with Crippen LogP contribution in [0.5, 0.6) is 11.5 Å². The zero-order chi connectivity index (χ0) is 14.4. The molecule has 110 valence electrons. The molecule has 0 spiro atoms.